The Balaban J connectivity index is 3.00. The number of benzene rings is 1. The first-order valence-electron chi connectivity index (χ1n) is 3.29. The highest BCUT2D eigenvalue weighted by Gasteiger charge is 2.01. The van der Waals surface area contributed by atoms with Gasteiger partial charge in [0.1, 0.15) is 0 Å². The Kier molecular flexibility index (Phi) is 1.86. The molecule has 0 aliphatic heterocycles. The van der Waals surface area contributed by atoms with Crippen molar-refractivity contribution in [3.8, 4) is 0 Å². The van der Waals surface area contributed by atoms with Crippen molar-refractivity contribution in [1.82, 2.24) is 0 Å². The van der Waals surface area contributed by atoms with Crippen molar-refractivity contribution in [2.45, 2.75) is 13.8 Å². The van der Waals surface area contributed by atoms with E-state index in [0.717, 1.165) is 5.56 Å². The van der Waals surface area contributed by atoms with Crippen molar-refractivity contribution in [3.05, 3.63) is 35.4 Å². The average Bonchev–Trinajstić information content (AvgIpc) is 1.88. The van der Waals surface area contributed by atoms with Crippen molar-refractivity contribution >= 4 is 5.78 Å². The van der Waals surface area contributed by atoms with Crippen LogP contribution in [0.3, 0.4) is 0 Å². The van der Waals surface area contributed by atoms with E-state index in [2.05, 4.69) is 0 Å². The standard InChI is InChI=1S/C9H10O/c1-7-3-5-9(6-4-7)8(2)10/h3-6H,1-2H3/p+1. The third kappa shape index (κ3) is 1.44. The number of rotatable bonds is 1. The maximum Gasteiger partial charge on any atom is 0.320 e. The summed E-state index contributed by atoms with van der Waals surface area (Å²) >= 11 is 0. The summed E-state index contributed by atoms with van der Waals surface area (Å²) in [7, 11) is 0. The minimum absolute atomic E-state index is 0.375. The minimum atomic E-state index is 0.375. The van der Waals surface area contributed by atoms with E-state index in [9.17, 15) is 0 Å². The van der Waals surface area contributed by atoms with Gasteiger partial charge < -0.3 is 0 Å². The second kappa shape index (κ2) is 2.65. The summed E-state index contributed by atoms with van der Waals surface area (Å²) in [5.41, 5.74) is 2.11. The molecule has 1 nitrogen and oxygen atoms in total. The minimum Gasteiger partial charge on any atom is -0.278 e. The van der Waals surface area contributed by atoms with Gasteiger partial charge in [-0.2, -0.15) is 0 Å². The fraction of sp³-hybridized carbons (Fsp3) is 0.222. The van der Waals surface area contributed by atoms with Crippen LogP contribution in [-0.4, -0.2) is 10.6 Å². The summed E-state index contributed by atoms with van der Waals surface area (Å²) in [6, 6.07) is 7.78. The highest BCUT2D eigenvalue weighted by Crippen LogP contribution is 2.02. The molecule has 0 unspecified atom stereocenters. The smallest absolute Gasteiger partial charge is 0.278 e. The third-order valence-corrected chi connectivity index (χ3v) is 1.47. The number of carbonyl (C=O) groups excluding carboxylic acids is 1. The highest BCUT2D eigenvalue weighted by atomic mass is 16.1. The van der Waals surface area contributed by atoms with Crippen molar-refractivity contribution in [3.63, 3.8) is 0 Å². The molecule has 0 radical (unpaired) electrons. The van der Waals surface area contributed by atoms with Crippen LogP contribution >= 0.6 is 0 Å². The summed E-state index contributed by atoms with van der Waals surface area (Å²) < 4.78 is 0. The molecule has 0 atom stereocenters. The zero-order valence-electron chi connectivity index (χ0n) is 6.26. The Morgan fingerprint density at radius 3 is 2.10 bits per heavy atom. The van der Waals surface area contributed by atoms with Gasteiger partial charge in [-0.3, -0.25) is 4.79 Å². The SMILES string of the molecule is CC(=[OH+])c1ccc(C)cc1. The number of hydrogen-bond donors (Lipinski definition) is 0. The van der Waals surface area contributed by atoms with Crippen LogP contribution in [0.2, 0.25) is 0 Å². The molecule has 0 saturated carbocycles. The lowest BCUT2D eigenvalue weighted by atomic mass is 10.1. The summed E-state index contributed by atoms with van der Waals surface area (Å²) in [6.07, 6.45) is 0. The lowest BCUT2D eigenvalue weighted by molar-refractivity contribution is 0.675. The molecule has 1 rings (SSSR count). The van der Waals surface area contributed by atoms with Crippen molar-refractivity contribution in [1.29, 1.82) is 0 Å². The van der Waals surface area contributed by atoms with Crippen molar-refractivity contribution < 1.29 is 4.79 Å². The number of aryl methyl sites for hydroxylation is 1. The molecule has 1 heteroatoms. The van der Waals surface area contributed by atoms with E-state index < -0.39 is 0 Å². The van der Waals surface area contributed by atoms with E-state index in [1.54, 1.807) is 6.92 Å². The maximum absolute atomic E-state index is 9.03. The zero-order valence-corrected chi connectivity index (χ0v) is 6.26. The molecule has 52 valence electrons. The third-order valence-electron chi connectivity index (χ3n) is 1.47. The number of hydrogen-bond acceptors (Lipinski definition) is 0. The largest absolute Gasteiger partial charge is 0.320 e. The van der Waals surface area contributed by atoms with Gasteiger partial charge in [-0.05, 0) is 19.1 Å². The van der Waals surface area contributed by atoms with Gasteiger partial charge in [0, 0.05) is 0 Å². The lowest BCUT2D eigenvalue weighted by Gasteiger charge is -1.90. The summed E-state index contributed by atoms with van der Waals surface area (Å²) in [4.78, 5) is 9.03. The van der Waals surface area contributed by atoms with Gasteiger partial charge in [0.05, 0.1) is 12.5 Å². The molecule has 0 fully saturated rings. The quantitative estimate of drug-likeness (QED) is 0.414. The fourth-order valence-corrected chi connectivity index (χ4v) is 0.795. The molecule has 1 N–H and O–H groups in total. The fourth-order valence-electron chi connectivity index (χ4n) is 0.795. The predicted octanol–water partition coefficient (Wildman–Crippen LogP) is 1.91. The van der Waals surface area contributed by atoms with E-state index in [0.29, 0.717) is 5.78 Å². The van der Waals surface area contributed by atoms with Gasteiger partial charge >= 0.3 is 5.78 Å². The number of ketones is 1. The normalized spacial score (nSPS) is 9.40. The van der Waals surface area contributed by atoms with Crippen LogP contribution in [-0.2, 0) is 0 Å². The van der Waals surface area contributed by atoms with Crippen LogP contribution in [0.5, 0.6) is 0 Å². The van der Waals surface area contributed by atoms with Crippen molar-refractivity contribution in [2.24, 2.45) is 0 Å². The Hall–Kier alpha value is -1.11. The molecule has 0 amide bonds. The molecule has 0 aliphatic rings. The zero-order chi connectivity index (χ0) is 7.56. The van der Waals surface area contributed by atoms with Gasteiger partial charge in [0.25, 0.3) is 0 Å². The highest BCUT2D eigenvalue weighted by molar-refractivity contribution is 5.94. The van der Waals surface area contributed by atoms with Gasteiger partial charge in [-0.15, -0.1) is 0 Å². The second-order valence-electron chi connectivity index (χ2n) is 2.45. The van der Waals surface area contributed by atoms with Crippen LogP contribution < -0.4 is 0 Å². The second-order valence-corrected chi connectivity index (χ2v) is 2.45. The Labute approximate surface area is 60.7 Å². The van der Waals surface area contributed by atoms with Crippen LogP contribution in [0.25, 0.3) is 0 Å². The van der Waals surface area contributed by atoms with E-state index in [1.165, 1.54) is 5.56 Å². The molecule has 0 spiro atoms. The average molecular weight is 135 g/mol. The molecule has 0 heterocycles. The maximum atomic E-state index is 9.03. The Morgan fingerprint density at radius 1 is 1.20 bits per heavy atom. The molecule has 1 aromatic rings. The first-order chi connectivity index (χ1) is 4.70. The summed E-state index contributed by atoms with van der Waals surface area (Å²) in [5, 5.41) is 0. The van der Waals surface area contributed by atoms with Gasteiger partial charge in [0.2, 0.25) is 0 Å². The van der Waals surface area contributed by atoms with Gasteiger partial charge in [-0.25, -0.2) is 0 Å². The molecule has 0 aliphatic carbocycles. The van der Waals surface area contributed by atoms with Crippen molar-refractivity contribution in [2.75, 3.05) is 0 Å². The Bertz CT molecular complexity index is 233. The van der Waals surface area contributed by atoms with E-state index in [1.807, 2.05) is 31.2 Å². The van der Waals surface area contributed by atoms with Crippen LogP contribution in [0.1, 0.15) is 18.1 Å². The predicted molar refractivity (Wildman–Crippen MR) is 42.9 cm³/mol. The molecule has 0 bridgehead atoms. The Morgan fingerprint density at radius 2 is 1.70 bits per heavy atom. The van der Waals surface area contributed by atoms with E-state index >= 15 is 0 Å². The van der Waals surface area contributed by atoms with Gasteiger partial charge in [0.15, 0.2) is 0 Å². The molecular formula is C9H11O+. The first kappa shape index (κ1) is 7.00. The molecule has 10 heavy (non-hydrogen) atoms. The summed E-state index contributed by atoms with van der Waals surface area (Å²) in [6.45, 7) is 3.71. The lowest BCUT2D eigenvalue weighted by Crippen LogP contribution is -1.92. The molecule has 0 saturated heterocycles. The van der Waals surface area contributed by atoms with Crippen LogP contribution in [0.15, 0.2) is 24.3 Å². The monoisotopic (exact) mass is 135 g/mol. The first-order valence-corrected chi connectivity index (χ1v) is 3.29. The molecule has 0 aromatic heterocycles. The summed E-state index contributed by atoms with van der Waals surface area (Å²) in [5.74, 6) is 0.375. The van der Waals surface area contributed by atoms with Crippen LogP contribution in [0.4, 0.5) is 0 Å². The molecular weight excluding hydrogens is 124 g/mol. The molecule has 1 aromatic carbocycles. The van der Waals surface area contributed by atoms with E-state index in [-0.39, 0.29) is 0 Å². The van der Waals surface area contributed by atoms with E-state index in [4.69, 9.17) is 4.79 Å². The van der Waals surface area contributed by atoms with Crippen LogP contribution in [0, 0.1) is 6.92 Å². The van der Waals surface area contributed by atoms with Gasteiger partial charge in [-0.1, -0.05) is 17.7 Å². The topological polar surface area (TPSA) is 21.4 Å².